The first-order valence-electron chi connectivity index (χ1n) is 8.39. The molecule has 26 heavy (non-hydrogen) atoms. The van der Waals surface area contributed by atoms with Gasteiger partial charge in [-0.2, -0.15) is 0 Å². The van der Waals surface area contributed by atoms with E-state index in [1.54, 1.807) is 18.2 Å². The highest BCUT2D eigenvalue weighted by Gasteiger charge is 2.13. The number of carbonyl (C=O) groups is 2. The number of nitrogens with one attached hydrogen (secondary N) is 2. The molecule has 2 amide bonds. The Morgan fingerprint density at radius 1 is 0.885 bits per heavy atom. The molecule has 1 aromatic heterocycles. The third kappa shape index (κ3) is 4.13. The molecular formula is C21H19N3O2. The number of rotatable bonds is 5. The van der Waals surface area contributed by atoms with Gasteiger partial charge in [0, 0.05) is 23.1 Å². The number of hydrogen-bond donors (Lipinski definition) is 2. The van der Waals surface area contributed by atoms with E-state index in [1.807, 2.05) is 49.4 Å². The number of pyridine rings is 1. The minimum absolute atomic E-state index is 0.185. The van der Waals surface area contributed by atoms with Crippen molar-refractivity contribution in [3.63, 3.8) is 0 Å². The summed E-state index contributed by atoms with van der Waals surface area (Å²) in [4.78, 5) is 29.0. The first kappa shape index (κ1) is 17.4. The van der Waals surface area contributed by atoms with E-state index >= 15 is 0 Å². The lowest BCUT2D eigenvalue weighted by atomic mass is 10.1. The lowest BCUT2D eigenvalue weighted by Gasteiger charge is -2.10. The molecule has 0 bridgehead atoms. The molecule has 0 spiro atoms. The van der Waals surface area contributed by atoms with Crippen molar-refractivity contribution in [3.05, 3.63) is 89.7 Å². The van der Waals surface area contributed by atoms with Crippen LogP contribution in [-0.2, 0) is 6.42 Å². The van der Waals surface area contributed by atoms with Crippen LogP contribution >= 0.6 is 0 Å². The summed E-state index contributed by atoms with van der Waals surface area (Å²) in [6, 6.07) is 19.8. The Morgan fingerprint density at radius 2 is 1.62 bits per heavy atom. The van der Waals surface area contributed by atoms with E-state index in [9.17, 15) is 9.59 Å². The molecule has 0 aliphatic heterocycles. The van der Waals surface area contributed by atoms with E-state index in [-0.39, 0.29) is 17.5 Å². The maximum Gasteiger partial charge on any atom is 0.274 e. The van der Waals surface area contributed by atoms with Gasteiger partial charge in [0.2, 0.25) is 0 Å². The predicted octanol–water partition coefficient (Wildman–Crippen LogP) is 4.15. The number of aryl methyl sites for hydroxylation is 1. The standard InChI is InChI=1S/C21H19N3O2/c1-2-15-8-6-7-11-18(15)24-20(25)16-12-13-22-19(14-16)21(26)23-17-9-4-3-5-10-17/h3-14H,2H2,1H3,(H,23,26)(H,24,25). The van der Waals surface area contributed by atoms with Crippen LogP contribution in [0.2, 0.25) is 0 Å². The van der Waals surface area contributed by atoms with Crippen molar-refractivity contribution in [2.24, 2.45) is 0 Å². The smallest absolute Gasteiger partial charge is 0.274 e. The molecule has 2 aromatic carbocycles. The zero-order chi connectivity index (χ0) is 18.4. The fraction of sp³-hybridized carbons (Fsp3) is 0.0952. The predicted molar refractivity (Wildman–Crippen MR) is 102 cm³/mol. The topological polar surface area (TPSA) is 71.1 Å². The average Bonchev–Trinajstić information content (AvgIpc) is 2.69. The maximum atomic E-state index is 12.5. The molecular weight excluding hydrogens is 326 g/mol. The van der Waals surface area contributed by atoms with Crippen LogP contribution in [0.4, 0.5) is 11.4 Å². The van der Waals surface area contributed by atoms with Crippen LogP contribution in [0.25, 0.3) is 0 Å². The number of carbonyl (C=O) groups excluding carboxylic acids is 2. The highest BCUT2D eigenvalue weighted by molar-refractivity contribution is 6.08. The molecule has 0 saturated carbocycles. The highest BCUT2D eigenvalue weighted by Crippen LogP contribution is 2.17. The van der Waals surface area contributed by atoms with Gasteiger partial charge in [-0.05, 0) is 42.3 Å². The number of aromatic nitrogens is 1. The van der Waals surface area contributed by atoms with Crippen molar-refractivity contribution in [2.75, 3.05) is 10.6 Å². The molecule has 3 rings (SSSR count). The Bertz CT molecular complexity index is 923. The van der Waals surface area contributed by atoms with Crippen molar-refractivity contribution in [1.82, 2.24) is 4.98 Å². The number of benzene rings is 2. The summed E-state index contributed by atoms with van der Waals surface area (Å²) in [7, 11) is 0. The minimum atomic E-state index is -0.361. The monoisotopic (exact) mass is 345 g/mol. The lowest BCUT2D eigenvalue weighted by Crippen LogP contribution is -2.17. The second kappa shape index (κ2) is 8.07. The third-order valence-electron chi connectivity index (χ3n) is 3.93. The number of hydrogen-bond acceptors (Lipinski definition) is 3. The fourth-order valence-corrected chi connectivity index (χ4v) is 2.56. The van der Waals surface area contributed by atoms with Crippen molar-refractivity contribution < 1.29 is 9.59 Å². The molecule has 0 saturated heterocycles. The van der Waals surface area contributed by atoms with Gasteiger partial charge < -0.3 is 10.6 Å². The van der Waals surface area contributed by atoms with E-state index in [2.05, 4.69) is 15.6 Å². The quantitative estimate of drug-likeness (QED) is 0.730. The van der Waals surface area contributed by atoms with Crippen LogP contribution in [0.3, 0.4) is 0 Å². The molecule has 5 nitrogen and oxygen atoms in total. The van der Waals surface area contributed by atoms with Gasteiger partial charge >= 0.3 is 0 Å². The van der Waals surface area contributed by atoms with Crippen LogP contribution < -0.4 is 10.6 Å². The molecule has 0 fully saturated rings. The summed E-state index contributed by atoms with van der Waals surface area (Å²) >= 11 is 0. The summed E-state index contributed by atoms with van der Waals surface area (Å²) in [5, 5.41) is 5.65. The second-order valence-corrected chi connectivity index (χ2v) is 5.71. The number of amides is 2. The highest BCUT2D eigenvalue weighted by atomic mass is 16.2. The number of nitrogens with zero attached hydrogens (tertiary/aromatic N) is 1. The van der Waals surface area contributed by atoms with Gasteiger partial charge in [0.15, 0.2) is 0 Å². The zero-order valence-corrected chi connectivity index (χ0v) is 14.4. The second-order valence-electron chi connectivity index (χ2n) is 5.71. The molecule has 0 aliphatic carbocycles. The molecule has 5 heteroatoms. The molecule has 0 radical (unpaired) electrons. The van der Waals surface area contributed by atoms with Gasteiger partial charge in [-0.1, -0.05) is 43.3 Å². The van der Waals surface area contributed by atoms with Gasteiger partial charge in [0.25, 0.3) is 11.8 Å². The van der Waals surface area contributed by atoms with Gasteiger partial charge in [0.1, 0.15) is 5.69 Å². The Labute approximate surface area is 152 Å². The third-order valence-corrected chi connectivity index (χ3v) is 3.93. The van der Waals surface area contributed by atoms with E-state index in [1.165, 1.54) is 12.3 Å². The van der Waals surface area contributed by atoms with Crippen LogP contribution in [0.5, 0.6) is 0 Å². The van der Waals surface area contributed by atoms with Crippen LogP contribution in [0, 0.1) is 0 Å². The van der Waals surface area contributed by atoms with E-state index in [4.69, 9.17) is 0 Å². The largest absolute Gasteiger partial charge is 0.322 e. The van der Waals surface area contributed by atoms with Crippen LogP contribution in [0.15, 0.2) is 72.9 Å². The molecule has 1 heterocycles. The Hall–Kier alpha value is -3.47. The van der Waals surface area contributed by atoms with Gasteiger partial charge in [-0.3, -0.25) is 14.6 Å². The minimum Gasteiger partial charge on any atom is -0.322 e. The summed E-state index contributed by atoms with van der Waals surface area (Å²) in [6.45, 7) is 2.03. The van der Waals surface area contributed by atoms with E-state index < -0.39 is 0 Å². The first-order chi connectivity index (χ1) is 12.7. The first-order valence-corrected chi connectivity index (χ1v) is 8.39. The molecule has 0 atom stereocenters. The van der Waals surface area contributed by atoms with Crippen molar-refractivity contribution in [2.45, 2.75) is 13.3 Å². The maximum absolute atomic E-state index is 12.5. The van der Waals surface area contributed by atoms with Crippen molar-refractivity contribution >= 4 is 23.2 Å². The van der Waals surface area contributed by atoms with Gasteiger partial charge in [0.05, 0.1) is 0 Å². The Morgan fingerprint density at radius 3 is 2.38 bits per heavy atom. The Balaban J connectivity index is 1.76. The summed E-state index contributed by atoms with van der Waals surface area (Å²) in [5.41, 5.74) is 3.06. The summed E-state index contributed by atoms with van der Waals surface area (Å²) in [6.07, 6.45) is 2.28. The molecule has 0 unspecified atom stereocenters. The SMILES string of the molecule is CCc1ccccc1NC(=O)c1ccnc(C(=O)Nc2ccccc2)c1. The summed E-state index contributed by atoms with van der Waals surface area (Å²) < 4.78 is 0. The molecule has 3 aromatic rings. The van der Waals surface area contributed by atoms with E-state index in [0.717, 1.165) is 17.7 Å². The normalized spacial score (nSPS) is 10.2. The fourth-order valence-electron chi connectivity index (χ4n) is 2.56. The van der Waals surface area contributed by atoms with Crippen LogP contribution in [0.1, 0.15) is 33.3 Å². The van der Waals surface area contributed by atoms with E-state index in [0.29, 0.717) is 11.3 Å². The summed E-state index contributed by atoms with van der Waals surface area (Å²) in [5.74, 6) is -0.637. The van der Waals surface area contributed by atoms with Crippen molar-refractivity contribution in [1.29, 1.82) is 0 Å². The zero-order valence-electron chi connectivity index (χ0n) is 14.4. The molecule has 2 N–H and O–H groups in total. The van der Waals surface area contributed by atoms with Gasteiger partial charge in [-0.25, -0.2) is 0 Å². The average molecular weight is 345 g/mol. The Kier molecular flexibility index (Phi) is 5.39. The molecule has 0 aliphatic rings. The van der Waals surface area contributed by atoms with Gasteiger partial charge in [-0.15, -0.1) is 0 Å². The lowest BCUT2D eigenvalue weighted by molar-refractivity contribution is 0.102. The number of para-hydroxylation sites is 2. The molecule has 130 valence electrons. The van der Waals surface area contributed by atoms with Crippen molar-refractivity contribution in [3.8, 4) is 0 Å². The number of anilines is 2. The van der Waals surface area contributed by atoms with Crippen LogP contribution in [-0.4, -0.2) is 16.8 Å².